The van der Waals surface area contributed by atoms with Crippen molar-refractivity contribution in [3.63, 3.8) is 0 Å². The van der Waals surface area contributed by atoms with Gasteiger partial charge < -0.3 is 69.6 Å². The van der Waals surface area contributed by atoms with Crippen molar-refractivity contribution in [1.29, 1.82) is 0 Å². The number of methoxy groups -OCH3 is 4. The first-order valence-electron chi connectivity index (χ1n) is 20.2. The molecule has 0 bridgehead atoms. The molecule has 0 N–H and O–H groups in total. The Balaban J connectivity index is -0.000000108. The molecule has 0 aromatic heterocycles. The molecule has 0 aromatic carbocycles. The molecule has 0 fully saturated rings. The first kappa shape index (κ1) is 73.9. The van der Waals surface area contributed by atoms with Crippen molar-refractivity contribution in [1.82, 2.24) is 29.4 Å². The topological polar surface area (TPSA) is 113 Å². The van der Waals surface area contributed by atoms with Crippen molar-refractivity contribution < 1.29 is 94.4 Å². The molecule has 0 amide bonds. The maximum atomic E-state index is 4.89. The fourth-order valence-electron chi connectivity index (χ4n) is 4.07. The van der Waals surface area contributed by atoms with Crippen molar-refractivity contribution in [2.24, 2.45) is 0 Å². The minimum absolute atomic E-state index is 0. The molecule has 0 saturated heterocycles. The number of hydrogen-bond acceptors (Lipinski definition) is 10. The fourth-order valence-corrected chi connectivity index (χ4v) is 4.07. The molecule has 334 valence electrons. The Kier molecular flexibility index (Phi) is 67.3. The first-order valence-corrected chi connectivity index (χ1v) is 20.2. The molecule has 4 aliphatic heterocycles. The number of rotatable bonds is 13. The van der Waals surface area contributed by atoms with E-state index < -0.39 is 0 Å². The monoisotopic (exact) mass is 825 g/mol. The summed E-state index contributed by atoms with van der Waals surface area (Å²) in [6, 6.07) is 0. The molecule has 0 aliphatic carbocycles. The molecule has 14 nitrogen and oxygen atoms in total. The zero-order valence-electron chi connectivity index (χ0n) is 43.1. The van der Waals surface area contributed by atoms with Gasteiger partial charge in [-0.05, 0) is 110 Å². The summed E-state index contributed by atoms with van der Waals surface area (Å²) in [5.74, 6) is 3.21. The average molecular weight is 825 g/mol. The van der Waals surface area contributed by atoms with E-state index in [2.05, 4.69) is 135 Å². The Bertz CT molecular complexity index is 826. The summed E-state index contributed by atoms with van der Waals surface area (Å²) < 4.78 is 19.5. The zero-order valence-corrected chi connectivity index (χ0v) is 43.1. The molecule has 0 aromatic rings. The minimum atomic E-state index is 0. The van der Waals surface area contributed by atoms with E-state index in [1.165, 1.54) is 25.7 Å². The van der Waals surface area contributed by atoms with E-state index in [9.17, 15) is 0 Å². The van der Waals surface area contributed by atoms with Gasteiger partial charge in [0.2, 0.25) is 0 Å². The van der Waals surface area contributed by atoms with Crippen molar-refractivity contribution >= 4 is 0 Å². The second-order valence-electron chi connectivity index (χ2n) is 14.9. The maximum absolute atomic E-state index is 4.89. The van der Waals surface area contributed by atoms with Crippen LogP contribution >= 0.6 is 0 Å². The van der Waals surface area contributed by atoms with E-state index >= 15 is 0 Å². The predicted octanol–water partition coefficient (Wildman–Crippen LogP) is -5.09. The molecule has 4 aliphatic rings. The number of allylic oxidation sites excluding steroid dienone is 4. The largest absolute Gasteiger partial charge is 1.00 e. The van der Waals surface area contributed by atoms with Crippen LogP contribution in [0.1, 0.15) is 51.4 Å². The zero-order chi connectivity index (χ0) is 43.0. The Labute approximate surface area is 419 Å². The molecular formula is C42H88Li4N10O4. The van der Waals surface area contributed by atoms with Gasteiger partial charge >= 0.3 is 75.4 Å². The van der Waals surface area contributed by atoms with Gasteiger partial charge in [-0.15, -0.1) is 26.2 Å². The normalized spacial score (nSPS) is 14.6. The minimum Gasteiger partial charge on any atom is -0.654 e. The summed E-state index contributed by atoms with van der Waals surface area (Å²) in [5.41, 5.74) is 0. The van der Waals surface area contributed by atoms with E-state index in [0.29, 0.717) is 0 Å². The summed E-state index contributed by atoms with van der Waals surface area (Å²) in [6.07, 6.45) is 17.2. The van der Waals surface area contributed by atoms with Gasteiger partial charge in [0, 0.05) is 62.8 Å². The fraction of sp³-hybridized carbons (Fsp3) is 0.810. The van der Waals surface area contributed by atoms with E-state index in [4.69, 9.17) is 18.9 Å². The first-order chi connectivity index (χ1) is 26.6. The molecule has 18 heteroatoms. The van der Waals surface area contributed by atoms with Gasteiger partial charge in [0.05, 0.1) is 28.4 Å². The molecule has 4 heterocycles. The molecule has 0 radical (unpaired) electrons. The van der Waals surface area contributed by atoms with Crippen LogP contribution in [0, 0.1) is 0 Å². The van der Waals surface area contributed by atoms with E-state index in [0.717, 1.165) is 115 Å². The van der Waals surface area contributed by atoms with Crippen molar-refractivity contribution in [3.05, 3.63) is 69.1 Å². The Morgan fingerprint density at radius 3 is 0.550 bits per heavy atom. The average Bonchev–Trinajstić information content (AvgIpc) is 3.21. The Morgan fingerprint density at radius 1 is 0.333 bits per heavy atom. The van der Waals surface area contributed by atoms with Crippen LogP contribution in [-0.2, 0) is 18.9 Å². The molecule has 60 heavy (non-hydrogen) atoms. The number of hydrogen-bond donors (Lipinski definition) is 0. The molecule has 0 saturated carbocycles. The van der Waals surface area contributed by atoms with Crippen LogP contribution in [0.3, 0.4) is 0 Å². The van der Waals surface area contributed by atoms with Crippen LogP contribution < -0.4 is 75.4 Å². The van der Waals surface area contributed by atoms with Crippen molar-refractivity contribution in [3.8, 4) is 0 Å². The van der Waals surface area contributed by atoms with Crippen LogP contribution in [0.4, 0.5) is 0 Å². The van der Waals surface area contributed by atoms with Crippen molar-refractivity contribution in [2.45, 2.75) is 51.4 Å². The second kappa shape index (κ2) is 54.6. The maximum Gasteiger partial charge on any atom is 1.00 e. The van der Waals surface area contributed by atoms with E-state index in [1.54, 1.807) is 28.4 Å². The van der Waals surface area contributed by atoms with Crippen LogP contribution in [0.5, 0.6) is 0 Å². The summed E-state index contributed by atoms with van der Waals surface area (Å²) >= 11 is 0. The SMILES string of the molecule is CN(C)CCN(C)C.CN(C)CCN(C)C.CN(C)CCN(C)C.COC1=CCCC[N-]1.COC1=CCCC[N-]1.COC1=CCCC[N-]1.COC1=CCCC[N-]1.[Li+].[Li+].[Li+].[Li+]. The van der Waals surface area contributed by atoms with E-state index in [-0.39, 0.29) is 75.4 Å². The molecule has 0 unspecified atom stereocenters. The van der Waals surface area contributed by atoms with Gasteiger partial charge in [0.25, 0.3) is 0 Å². The van der Waals surface area contributed by atoms with Crippen LogP contribution in [-0.4, -0.2) is 208 Å². The van der Waals surface area contributed by atoms with Crippen molar-refractivity contribution in [2.75, 3.05) is 178 Å². The molecule has 0 atom stereocenters. The van der Waals surface area contributed by atoms with Gasteiger partial charge in [-0.1, -0.05) is 50.0 Å². The third-order valence-corrected chi connectivity index (χ3v) is 7.62. The van der Waals surface area contributed by atoms with Gasteiger partial charge in [0.1, 0.15) is 0 Å². The summed E-state index contributed by atoms with van der Waals surface area (Å²) in [5, 5.41) is 16.3. The molecule has 0 spiro atoms. The summed E-state index contributed by atoms with van der Waals surface area (Å²) in [4.78, 5) is 13.1. The molecule has 4 rings (SSSR count). The third kappa shape index (κ3) is 61.8. The van der Waals surface area contributed by atoms with Gasteiger partial charge in [-0.2, -0.15) is 0 Å². The number of nitrogens with zero attached hydrogens (tertiary/aromatic N) is 10. The standard InChI is InChI=1S/3C6H16N2.4C6H10NO.4Li/c3*1-7(2)5-6-8(3)4;4*1-8-6-4-2-3-5-7-6;;;;/h3*5-6H2,1-4H3;4*4H,2-3,5H2,1H3;;;;/q;;;4*-1;4*+1. The molecular weight excluding hydrogens is 736 g/mol. The quantitative estimate of drug-likeness (QED) is 0.168. The Hall–Kier alpha value is -0.490. The third-order valence-electron chi connectivity index (χ3n) is 7.62. The number of ether oxygens (including phenoxy) is 4. The predicted molar refractivity (Wildman–Crippen MR) is 242 cm³/mol. The van der Waals surface area contributed by atoms with E-state index in [1.807, 2.05) is 24.3 Å². The van der Waals surface area contributed by atoms with Crippen LogP contribution in [0.2, 0.25) is 0 Å². The van der Waals surface area contributed by atoms with Crippen LogP contribution in [0.15, 0.2) is 47.8 Å². The second-order valence-corrected chi connectivity index (χ2v) is 14.9. The van der Waals surface area contributed by atoms with Gasteiger partial charge in [0.15, 0.2) is 0 Å². The smallest absolute Gasteiger partial charge is 0.654 e. The van der Waals surface area contributed by atoms with Crippen LogP contribution in [0.25, 0.3) is 21.3 Å². The van der Waals surface area contributed by atoms with Gasteiger partial charge in [-0.25, -0.2) is 0 Å². The summed E-state index contributed by atoms with van der Waals surface area (Å²) in [6.45, 7) is 10.6. The number of likely N-dealkylation sites (N-methyl/N-ethyl adjacent to an activating group) is 6. The summed E-state index contributed by atoms with van der Waals surface area (Å²) in [7, 11) is 31.7. The Morgan fingerprint density at radius 2 is 0.483 bits per heavy atom. The van der Waals surface area contributed by atoms with Gasteiger partial charge in [-0.3, -0.25) is 0 Å².